The minimum absolute atomic E-state index is 0.0175. The Bertz CT molecular complexity index is 436. The number of ether oxygens (including phenoxy) is 1. The monoisotopic (exact) mass is 258 g/mol. The fraction of sp³-hybridized carbons (Fsp3) is 0.300. The van der Waals surface area contributed by atoms with Gasteiger partial charge in [-0.15, -0.1) is 0 Å². The lowest BCUT2D eigenvalue weighted by Crippen LogP contribution is -2.17. The second-order valence-corrected chi connectivity index (χ2v) is 3.46. The Hall–Kier alpha value is -1.82. The first-order chi connectivity index (χ1) is 8.06. The molecule has 1 N–H and O–H groups in total. The van der Waals surface area contributed by atoms with E-state index < -0.39 is 10.9 Å². The summed E-state index contributed by atoms with van der Waals surface area (Å²) in [5, 5.41) is 13.4. The molecule has 1 aromatic carbocycles. The fourth-order valence-corrected chi connectivity index (χ4v) is 1.47. The number of anilines is 1. The molecule has 0 bridgehead atoms. The number of rotatable bonds is 5. The average Bonchev–Trinajstić information content (AvgIpc) is 2.26. The van der Waals surface area contributed by atoms with Crippen molar-refractivity contribution in [2.24, 2.45) is 0 Å². The first-order valence-electron chi connectivity index (χ1n) is 4.88. The van der Waals surface area contributed by atoms with Crippen LogP contribution in [0.15, 0.2) is 18.2 Å². The van der Waals surface area contributed by atoms with Gasteiger partial charge in [0.05, 0.1) is 11.5 Å². The van der Waals surface area contributed by atoms with E-state index in [9.17, 15) is 14.9 Å². The summed E-state index contributed by atoms with van der Waals surface area (Å²) < 4.78 is 4.69. The lowest BCUT2D eigenvalue weighted by atomic mass is 10.2. The van der Waals surface area contributed by atoms with Crippen molar-refractivity contribution in [3.05, 3.63) is 33.3 Å². The molecule has 0 aliphatic carbocycles. The molecule has 1 aromatic rings. The number of nitrogens with zero attached hydrogens (tertiary/aromatic N) is 1. The van der Waals surface area contributed by atoms with Crippen molar-refractivity contribution < 1.29 is 14.5 Å². The Morgan fingerprint density at radius 1 is 1.59 bits per heavy atom. The quantitative estimate of drug-likeness (QED) is 0.497. The number of para-hydroxylation sites is 1. The smallest absolute Gasteiger partial charge is 0.325 e. The molecular weight excluding hydrogens is 248 g/mol. The van der Waals surface area contributed by atoms with Gasteiger partial charge in [-0.05, 0) is 19.1 Å². The number of carbonyl (C=O) groups is 1. The van der Waals surface area contributed by atoms with Gasteiger partial charge in [-0.3, -0.25) is 14.9 Å². The highest BCUT2D eigenvalue weighted by Crippen LogP contribution is 2.31. The molecule has 6 nitrogen and oxygen atoms in total. The Morgan fingerprint density at radius 2 is 2.29 bits per heavy atom. The average molecular weight is 259 g/mol. The van der Waals surface area contributed by atoms with E-state index >= 15 is 0 Å². The van der Waals surface area contributed by atoms with Gasteiger partial charge in [0.2, 0.25) is 0 Å². The number of benzene rings is 1. The van der Waals surface area contributed by atoms with Crippen LogP contribution in [0.4, 0.5) is 11.4 Å². The van der Waals surface area contributed by atoms with E-state index in [4.69, 9.17) is 11.6 Å². The van der Waals surface area contributed by atoms with Crippen molar-refractivity contribution in [1.29, 1.82) is 0 Å². The molecule has 92 valence electrons. The molecule has 1 rings (SSSR count). The number of halogens is 1. The molecule has 7 heteroatoms. The van der Waals surface area contributed by atoms with Gasteiger partial charge in [-0.1, -0.05) is 17.7 Å². The van der Waals surface area contributed by atoms with Crippen LogP contribution >= 0.6 is 11.6 Å². The molecule has 0 amide bonds. The van der Waals surface area contributed by atoms with Crippen molar-refractivity contribution in [3.63, 3.8) is 0 Å². The molecule has 0 aromatic heterocycles. The molecule has 0 saturated heterocycles. The summed E-state index contributed by atoms with van der Waals surface area (Å²) in [6, 6.07) is 4.45. The van der Waals surface area contributed by atoms with E-state index in [0.717, 1.165) is 0 Å². The van der Waals surface area contributed by atoms with Crippen molar-refractivity contribution in [2.45, 2.75) is 6.92 Å². The number of hydrogen-bond acceptors (Lipinski definition) is 5. The first kappa shape index (κ1) is 13.2. The SMILES string of the molecule is CCOC(=O)CNc1cccc(Cl)c1[N+](=O)[O-]. The number of carbonyl (C=O) groups excluding carboxylic acids is 1. The Kier molecular flexibility index (Phi) is 4.71. The van der Waals surface area contributed by atoms with Crippen LogP contribution in [0.3, 0.4) is 0 Å². The van der Waals surface area contributed by atoms with Gasteiger partial charge in [-0.25, -0.2) is 0 Å². The molecule has 0 aliphatic rings. The maximum Gasteiger partial charge on any atom is 0.325 e. The highest BCUT2D eigenvalue weighted by Gasteiger charge is 2.18. The molecule has 0 unspecified atom stereocenters. The minimum atomic E-state index is -0.601. The van der Waals surface area contributed by atoms with Crippen LogP contribution in [0.2, 0.25) is 5.02 Å². The molecule has 0 spiro atoms. The third-order valence-electron chi connectivity index (χ3n) is 1.90. The topological polar surface area (TPSA) is 81.5 Å². The molecule has 0 atom stereocenters. The van der Waals surface area contributed by atoms with E-state index in [-0.39, 0.29) is 29.5 Å². The summed E-state index contributed by atoms with van der Waals surface area (Å²) in [7, 11) is 0. The second-order valence-electron chi connectivity index (χ2n) is 3.05. The Labute approximate surface area is 103 Å². The summed E-state index contributed by atoms with van der Waals surface area (Å²) in [6.07, 6.45) is 0. The predicted molar refractivity (Wildman–Crippen MR) is 63.2 cm³/mol. The molecule has 0 heterocycles. The summed E-state index contributed by atoms with van der Waals surface area (Å²) in [5.74, 6) is -0.484. The van der Waals surface area contributed by atoms with Gasteiger partial charge in [0.1, 0.15) is 17.3 Å². The van der Waals surface area contributed by atoms with Crippen molar-refractivity contribution in [2.75, 3.05) is 18.5 Å². The van der Waals surface area contributed by atoms with E-state index in [0.29, 0.717) is 0 Å². The van der Waals surface area contributed by atoms with Gasteiger partial charge in [0.15, 0.2) is 0 Å². The lowest BCUT2D eigenvalue weighted by molar-refractivity contribution is -0.383. The molecule has 0 fully saturated rings. The van der Waals surface area contributed by atoms with Crippen LogP contribution in [0.5, 0.6) is 0 Å². The highest BCUT2D eigenvalue weighted by atomic mass is 35.5. The van der Waals surface area contributed by atoms with Crippen molar-refractivity contribution >= 4 is 28.9 Å². The van der Waals surface area contributed by atoms with E-state index in [1.165, 1.54) is 12.1 Å². The number of nitro benzene ring substituents is 1. The van der Waals surface area contributed by atoms with Gasteiger partial charge >= 0.3 is 11.7 Å². The Morgan fingerprint density at radius 3 is 2.88 bits per heavy atom. The largest absolute Gasteiger partial charge is 0.465 e. The summed E-state index contributed by atoms with van der Waals surface area (Å²) >= 11 is 5.70. The molecular formula is C10H11ClN2O4. The lowest BCUT2D eigenvalue weighted by Gasteiger charge is -2.07. The van der Waals surface area contributed by atoms with E-state index in [2.05, 4.69) is 10.1 Å². The Balaban J connectivity index is 2.81. The zero-order chi connectivity index (χ0) is 12.8. The van der Waals surface area contributed by atoms with Gasteiger partial charge in [0, 0.05) is 0 Å². The van der Waals surface area contributed by atoms with Crippen LogP contribution in [-0.4, -0.2) is 24.0 Å². The number of esters is 1. The van der Waals surface area contributed by atoms with Crippen molar-refractivity contribution in [1.82, 2.24) is 0 Å². The third kappa shape index (κ3) is 3.60. The number of nitro groups is 1. The number of hydrogen-bond donors (Lipinski definition) is 1. The highest BCUT2D eigenvalue weighted by molar-refractivity contribution is 6.33. The van der Waals surface area contributed by atoms with Gasteiger partial charge in [-0.2, -0.15) is 0 Å². The van der Waals surface area contributed by atoms with Gasteiger partial charge in [0.25, 0.3) is 0 Å². The predicted octanol–water partition coefficient (Wildman–Crippen LogP) is 2.22. The first-order valence-corrected chi connectivity index (χ1v) is 5.26. The van der Waals surface area contributed by atoms with E-state index in [1.807, 2.05) is 0 Å². The van der Waals surface area contributed by atoms with E-state index in [1.54, 1.807) is 13.0 Å². The number of nitrogens with one attached hydrogen (secondary N) is 1. The molecule has 0 radical (unpaired) electrons. The fourth-order valence-electron chi connectivity index (χ4n) is 1.22. The summed E-state index contributed by atoms with van der Waals surface area (Å²) in [6.45, 7) is 1.80. The summed E-state index contributed by atoms with van der Waals surface area (Å²) in [4.78, 5) is 21.3. The van der Waals surface area contributed by atoms with Gasteiger partial charge < -0.3 is 10.1 Å². The second kappa shape index (κ2) is 6.05. The molecule has 17 heavy (non-hydrogen) atoms. The third-order valence-corrected chi connectivity index (χ3v) is 2.20. The van der Waals surface area contributed by atoms with Crippen LogP contribution in [0.25, 0.3) is 0 Å². The molecule has 0 aliphatic heterocycles. The van der Waals surface area contributed by atoms with Crippen LogP contribution < -0.4 is 5.32 Å². The molecule has 0 saturated carbocycles. The zero-order valence-corrected chi connectivity index (χ0v) is 9.86. The normalized spacial score (nSPS) is 9.76. The maximum absolute atomic E-state index is 11.1. The summed E-state index contributed by atoms with van der Waals surface area (Å²) in [5.41, 5.74) is -0.0611. The standard InChI is InChI=1S/C10H11ClN2O4/c1-2-17-9(14)6-12-8-5-3-4-7(11)10(8)13(15)16/h3-5,12H,2,6H2,1H3. The minimum Gasteiger partial charge on any atom is -0.465 e. The van der Waals surface area contributed by atoms with Crippen LogP contribution in [0, 0.1) is 10.1 Å². The van der Waals surface area contributed by atoms with Crippen LogP contribution in [-0.2, 0) is 9.53 Å². The van der Waals surface area contributed by atoms with Crippen molar-refractivity contribution in [3.8, 4) is 0 Å². The zero-order valence-electron chi connectivity index (χ0n) is 9.10. The maximum atomic E-state index is 11.1. The van der Waals surface area contributed by atoms with Crippen LogP contribution in [0.1, 0.15) is 6.92 Å².